The number of alkyl halides is 1. The molecule has 172 valence electrons. The van der Waals surface area contributed by atoms with Crippen molar-refractivity contribution < 1.29 is 4.39 Å². The van der Waals surface area contributed by atoms with E-state index in [0.29, 0.717) is 30.1 Å². The molecule has 8 nitrogen and oxygen atoms in total. The largest absolute Gasteiger partial charge is 0.341 e. The van der Waals surface area contributed by atoms with E-state index >= 15 is 0 Å². The first-order valence-corrected chi connectivity index (χ1v) is 11.8. The topological polar surface area (TPSA) is 95.0 Å². The first-order valence-electron chi connectivity index (χ1n) is 11.8. The lowest BCUT2D eigenvalue weighted by Crippen LogP contribution is -2.24. The summed E-state index contributed by atoms with van der Waals surface area (Å²) in [5, 5.41) is 4.85. The molecule has 9 heteroatoms. The second-order valence-corrected chi connectivity index (χ2v) is 9.68. The number of halogens is 1. The second-order valence-electron chi connectivity index (χ2n) is 9.68. The lowest BCUT2D eigenvalue weighted by atomic mass is 9.87. The first kappa shape index (κ1) is 20.5. The highest BCUT2D eigenvalue weighted by atomic mass is 19.1. The second kappa shape index (κ2) is 8.06. The standard InChI is InChI=1S/C24H28FN7O/c1-14-11-31(13-21-27-18-4-2-3-5-19(18)28-21)12-17(14)22-29-24(33)20-10-26-23(32(20)30-22)15-6-8-16(25)9-7-15/h2-5,10,14-17H,6-9,11-13H2,1H3,(H,27,28)(H,29,30,33). The Bertz CT molecular complexity index is 1320. The zero-order chi connectivity index (χ0) is 22.5. The third kappa shape index (κ3) is 3.74. The highest BCUT2D eigenvalue weighted by Crippen LogP contribution is 2.34. The number of fused-ring (bicyclic) bond motifs is 2. The van der Waals surface area contributed by atoms with Gasteiger partial charge in [0.2, 0.25) is 0 Å². The van der Waals surface area contributed by atoms with Gasteiger partial charge in [-0.2, -0.15) is 5.10 Å². The molecule has 1 aliphatic carbocycles. The Morgan fingerprint density at radius 1 is 1.12 bits per heavy atom. The van der Waals surface area contributed by atoms with Crippen molar-refractivity contribution in [3.05, 3.63) is 58.3 Å². The minimum absolute atomic E-state index is 0.114. The molecule has 0 bridgehead atoms. The average Bonchev–Trinajstić information content (AvgIpc) is 3.50. The van der Waals surface area contributed by atoms with E-state index in [0.717, 1.165) is 55.2 Å². The predicted molar refractivity (Wildman–Crippen MR) is 123 cm³/mol. The van der Waals surface area contributed by atoms with Crippen molar-refractivity contribution in [1.29, 1.82) is 0 Å². The Hall–Kier alpha value is -3.07. The normalized spacial score (nSPS) is 26.5. The molecule has 4 heterocycles. The van der Waals surface area contributed by atoms with Crippen LogP contribution in [0.15, 0.2) is 35.3 Å². The van der Waals surface area contributed by atoms with Gasteiger partial charge in [-0.3, -0.25) is 9.69 Å². The van der Waals surface area contributed by atoms with E-state index in [1.54, 1.807) is 10.7 Å². The Labute approximate surface area is 190 Å². The van der Waals surface area contributed by atoms with Gasteiger partial charge in [-0.1, -0.05) is 19.1 Å². The molecular formula is C24H28FN7O. The number of benzene rings is 1. The molecule has 2 atom stereocenters. The molecule has 1 aliphatic heterocycles. The van der Waals surface area contributed by atoms with Gasteiger partial charge in [0.15, 0.2) is 5.52 Å². The third-order valence-electron chi connectivity index (χ3n) is 7.32. The molecule has 4 aromatic rings. The molecule has 33 heavy (non-hydrogen) atoms. The van der Waals surface area contributed by atoms with Gasteiger partial charge in [-0.05, 0) is 43.7 Å². The van der Waals surface area contributed by atoms with E-state index in [1.807, 2.05) is 24.3 Å². The molecule has 0 spiro atoms. The van der Waals surface area contributed by atoms with Crippen molar-refractivity contribution in [3.63, 3.8) is 0 Å². The highest BCUT2D eigenvalue weighted by Gasteiger charge is 2.34. The van der Waals surface area contributed by atoms with Gasteiger partial charge in [0, 0.05) is 24.9 Å². The number of nitrogens with zero attached hydrogens (tertiary/aromatic N) is 5. The summed E-state index contributed by atoms with van der Waals surface area (Å²) in [5.41, 5.74) is 2.31. The van der Waals surface area contributed by atoms with Crippen LogP contribution < -0.4 is 5.56 Å². The van der Waals surface area contributed by atoms with Gasteiger partial charge in [-0.15, -0.1) is 0 Å². The molecule has 6 rings (SSSR count). The van der Waals surface area contributed by atoms with Crippen LogP contribution in [0, 0.1) is 5.92 Å². The molecule has 3 aromatic heterocycles. The van der Waals surface area contributed by atoms with Gasteiger partial charge >= 0.3 is 0 Å². The quantitative estimate of drug-likeness (QED) is 0.497. The Morgan fingerprint density at radius 2 is 1.94 bits per heavy atom. The summed E-state index contributed by atoms with van der Waals surface area (Å²) in [7, 11) is 0. The van der Waals surface area contributed by atoms with Crippen LogP contribution in [0.5, 0.6) is 0 Å². The summed E-state index contributed by atoms with van der Waals surface area (Å²) in [6, 6.07) is 8.04. The summed E-state index contributed by atoms with van der Waals surface area (Å²) in [5.74, 6) is 3.03. The molecule has 2 N–H and O–H groups in total. The summed E-state index contributed by atoms with van der Waals surface area (Å²) >= 11 is 0. The van der Waals surface area contributed by atoms with E-state index in [9.17, 15) is 9.18 Å². The van der Waals surface area contributed by atoms with Crippen LogP contribution >= 0.6 is 0 Å². The minimum atomic E-state index is -0.725. The van der Waals surface area contributed by atoms with Crippen molar-refractivity contribution >= 4 is 16.6 Å². The maximum absolute atomic E-state index is 13.6. The van der Waals surface area contributed by atoms with Crippen LogP contribution in [0.3, 0.4) is 0 Å². The maximum atomic E-state index is 13.6. The zero-order valence-corrected chi connectivity index (χ0v) is 18.7. The molecular weight excluding hydrogens is 421 g/mol. The van der Waals surface area contributed by atoms with Crippen LogP contribution in [0.2, 0.25) is 0 Å². The number of nitrogens with one attached hydrogen (secondary N) is 2. The van der Waals surface area contributed by atoms with Crippen LogP contribution in [0.25, 0.3) is 16.6 Å². The van der Waals surface area contributed by atoms with Crippen molar-refractivity contribution in [3.8, 4) is 0 Å². The highest BCUT2D eigenvalue weighted by molar-refractivity contribution is 5.74. The van der Waals surface area contributed by atoms with Gasteiger partial charge in [-0.25, -0.2) is 18.9 Å². The monoisotopic (exact) mass is 449 g/mol. The number of aromatic amines is 2. The van der Waals surface area contributed by atoms with Crippen LogP contribution in [0.4, 0.5) is 4.39 Å². The fourth-order valence-corrected chi connectivity index (χ4v) is 5.53. The predicted octanol–water partition coefficient (Wildman–Crippen LogP) is 3.53. The van der Waals surface area contributed by atoms with E-state index in [4.69, 9.17) is 10.1 Å². The molecule has 0 amide bonds. The SMILES string of the molecule is CC1CN(Cc2nc3ccccc3[nH]2)CC1c1nn2c(C3CCC(F)CC3)ncc2c(=O)[nH]1. The smallest absolute Gasteiger partial charge is 0.276 e. The molecule has 2 aliphatic rings. The number of hydrogen-bond acceptors (Lipinski definition) is 5. The third-order valence-corrected chi connectivity index (χ3v) is 7.32. The molecule has 2 fully saturated rings. The Balaban J connectivity index is 1.26. The number of H-pyrrole nitrogens is 2. The summed E-state index contributed by atoms with van der Waals surface area (Å²) in [4.78, 5) is 30.8. The van der Waals surface area contributed by atoms with Crippen LogP contribution in [-0.2, 0) is 6.54 Å². The fourth-order valence-electron chi connectivity index (χ4n) is 5.53. The Morgan fingerprint density at radius 3 is 2.76 bits per heavy atom. The van der Waals surface area contributed by atoms with Crippen LogP contribution in [-0.4, -0.2) is 53.7 Å². The number of hydrogen-bond donors (Lipinski definition) is 2. The number of para-hydroxylation sites is 2. The van der Waals surface area contributed by atoms with Gasteiger partial charge in [0.1, 0.15) is 23.6 Å². The zero-order valence-electron chi connectivity index (χ0n) is 18.7. The minimum Gasteiger partial charge on any atom is -0.341 e. The summed E-state index contributed by atoms with van der Waals surface area (Å²) in [6.45, 7) is 4.63. The molecule has 0 radical (unpaired) electrons. The number of likely N-dealkylation sites (tertiary alicyclic amines) is 1. The van der Waals surface area contributed by atoms with Crippen molar-refractivity contribution in [2.75, 3.05) is 13.1 Å². The molecule has 1 saturated heterocycles. The van der Waals surface area contributed by atoms with E-state index < -0.39 is 6.17 Å². The molecule has 1 saturated carbocycles. The summed E-state index contributed by atoms with van der Waals surface area (Å²) < 4.78 is 15.3. The number of rotatable bonds is 4. The molecule has 1 aromatic carbocycles. The maximum Gasteiger partial charge on any atom is 0.276 e. The lowest BCUT2D eigenvalue weighted by Gasteiger charge is -2.23. The van der Waals surface area contributed by atoms with Gasteiger partial charge in [0.25, 0.3) is 5.56 Å². The van der Waals surface area contributed by atoms with Crippen molar-refractivity contribution in [2.45, 2.75) is 57.2 Å². The van der Waals surface area contributed by atoms with Crippen molar-refractivity contribution in [2.24, 2.45) is 5.92 Å². The van der Waals surface area contributed by atoms with E-state index in [-0.39, 0.29) is 17.4 Å². The first-order chi connectivity index (χ1) is 16.0. The number of aromatic nitrogens is 6. The van der Waals surface area contributed by atoms with Crippen LogP contribution in [0.1, 0.15) is 61.9 Å². The Kier molecular flexibility index (Phi) is 5.01. The fraction of sp³-hybridized carbons (Fsp3) is 0.500. The summed E-state index contributed by atoms with van der Waals surface area (Å²) in [6.07, 6.45) is 3.46. The van der Waals surface area contributed by atoms with Crippen molar-refractivity contribution in [1.82, 2.24) is 34.4 Å². The van der Waals surface area contributed by atoms with E-state index in [2.05, 4.69) is 26.8 Å². The average molecular weight is 450 g/mol. The van der Waals surface area contributed by atoms with E-state index in [1.165, 1.54) is 0 Å². The van der Waals surface area contributed by atoms with Gasteiger partial charge < -0.3 is 9.97 Å². The molecule has 2 unspecified atom stereocenters. The number of imidazole rings is 2. The lowest BCUT2D eigenvalue weighted by molar-refractivity contribution is 0.231. The van der Waals surface area contributed by atoms with Gasteiger partial charge in [0.05, 0.1) is 23.8 Å².